The van der Waals surface area contributed by atoms with Crippen molar-refractivity contribution in [1.29, 1.82) is 0 Å². The van der Waals surface area contributed by atoms with Crippen LogP contribution in [0.25, 0.3) is 0 Å². The molecule has 18 heavy (non-hydrogen) atoms. The first-order valence-electron chi connectivity index (χ1n) is 6.05. The average Bonchev–Trinajstić information content (AvgIpc) is 2.42. The second-order valence-corrected chi connectivity index (χ2v) is 3.51. The normalized spacial score (nSPS) is 9.33. The van der Waals surface area contributed by atoms with Gasteiger partial charge in [0.2, 0.25) is 5.88 Å². The van der Waals surface area contributed by atoms with Crippen LogP contribution in [0, 0.1) is 12.7 Å². The van der Waals surface area contributed by atoms with Crippen molar-refractivity contribution in [3.8, 4) is 5.88 Å². The Hall–Kier alpha value is -1.90. The molecule has 0 aliphatic carbocycles. The van der Waals surface area contributed by atoms with Crippen molar-refractivity contribution in [2.45, 2.75) is 27.4 Å². The minimum absolute atomic E-state index is 0. The number of benzene rings is 1. The van der Waals surface area contributed by atoms with E-state index in [0.717, 1.165) is 5.56 Å². The van der Waals surface area contributed by atoms with Crippen LogP contribution in [0.15, 0.2) is 42.6 Å². The molecule has 2 nitrogen and oxygen atoms in total. The van der Waals surface area contributed by atoms with Gasteiger partial charge >= 0.3 is 0 Å². The SMILES string of the molecule is CC.Cc1cccnc1OCc1ccccc1F.[HH]. The van der Waals surface area contributed by atoms with E-state index in [4.69, 9.17) is 4.74 Å². The van der Waals surface area contributed by atoms with Gasteiger partial charge in [-0.1, -0.05) is 38.1 Å². The Labute approximate surface area is 109 Å². The summed E-state index contributed by atoms with van der Waals surface area (Å²) in [5.41, 5.74) is 1.48. The van der Waals surface area contributed by atoms with Gasteiger partial charge in [0.15, 0.2) is 0 Å². The molecule has 0 amide bonds. The predicted molar refractivity (Wildman–Crippen MR) is 73.2 cm³/mol. The summed E-state index contributed by atoms with van der Waals surface area (Å²) in [6.07, 6.45) is 1.66. The van der Waals surface area contributed by atoms with Crippen molar-refractivity contribution < 1.29 is 10.6 Å². The third-order valence-corrected chi connectivity index (χ3v) is 2.28. The number of hydrogen-bond donors (Lipinski definition) is 0. The van der Waals surface area contributed by atoms with E-state index in [1.165, 1.54) is 6.07 Å². The second kappa shape index (κ2) is 7.43. The van der Waals surface area contributed by atoms with Gasteiger partial charge in [-0.15, -0.1) is 0 Å². The fraction of sp³-hybridized carbons (Fsp3) is 0.267. The molecule has 0 saturated carbocycles. The van der Waals surface area contributed by atoms with E-state index in [-0.39, 0.29) is 13.9 Å². The van der Waals surface area contributed by atoms with Gasteiger partial charge in [0, 0.05) is 18.8 Å². The quantitative estimate of drug-likeness (QED) is 0.805. The summed E-state index contributed by atoms with van der Waals surface area (Å²) >= 11 is 0. The molecule has 0 saturated heterocycles. The minimum Gasteiger partial charge on any atom is -0.472 e. The summed E-state index contributed by atoms with van der Waals surface area (Å²) in [5.74, 6) is 0.293. The number of aromatic nitrogens is 1. The second-order valence-electron chi connectivity index (χ2n) is 3.51. The van der Waals surface area contributed by atoms with Gasteiger partial charge in [0.05, 0.1) is 0 Å². The Balaban J connectivity index is 0.00000103. The van der Waals surface area contributed by atoms with Crippen molar-refractivity contribution in [2.24, 2.45) is 0 Å². The Morgan fingerprint density at radius 3 is 2.56 bits per heavy atom. The third kappa shape index (κ3) is 3.84. The van der Waals surface area contributed by atoms with Crippen LogP contribution in [-0.2, 0) is 6.61 Å². The zero-order chi connectivity index (χ0) is 13.4. The average molecular weight is 249 g/mol. The lowest BCUT2D eigenvalue weighted by atomic mass is 10.2. The standard InChI is InChI=1S/C13H12FNO.C2H6.H2/c1-10-5-4-8-15-13(10)16-9-11-6-2-3-7-12(11)14;1-2;/h2-8H,9H2,1H3;1-2H3;1H. The van der Waals surface area contributed by atoms with E-state index in [0.29, 0.717) is 11.4 Å². The Morgan fingerprint density at radius 1 is 1.17 bits per heavy atom. The van der Waals surface area contributed by atoms with Gasteiger partial charge in [-0.05, 0) is 19.1 Å². The molecular formula is C15H20FNO. The van der Waals surface area contributed by atoms with Crippen molar-refractivity contribution in [3.63, 3.8) is 0 Å². The number of pyridine rings is 1. The smallest absolute Gasteiger partial charge is 0.216 e. The van der Waals surface area contributed by atoms with Crippen LogP contribution in [0.1, 0.15) is 26.4 Å². The first-order chi connectivity index (χ1) is 8.77. The highest BCUT2D eigenvalue weighted by Crippen LogP contribution is 2.15. The molecule has 3 heteroatoms. The zero-order valence-corrected chi connectivity index (χ0v) is 11.0. The summed E-state index contributed by atoms with van der Waals surface area (Å²) in [6.45, 7) is 6.11. The van der Waals surface area contributed by atoms with Crippen LogP contribution in [0.2, 0.25) is 0 Å². The van der Waals surface area contributed by atoms with E-state index >= 15 is 0 Å². The highest BCUT2D eigenvalue weighted by Gasteiger charge is 2.03. The molecule has 0 radical (unpaired) electrons. The molecule has 2 rings (SSSR count). The molecule has 0 aliphatic heterocycles. The molecular weight excluding hydrogens is 229 g/mol. The summed E-state index contributed by atoms with van der Waals surface area (Å²) in [4.78, 5) is 4.08. The minimum atomic E-state index is -0.254. The lowest BCUT2D eigenvalue weighted by Crippen LogP contribution is -2.00. The van der Waals surface area contributed by atoms with E-state index in [1.807, 2.05) is 32.9 Å². The van der Waals surface area contributed by atoms with Gasteiger partial charge in [-0.25, -0.2) is 9.37 Å². The van der Waals surface area contributed by atoms with Gasteiger partial charge in [0.1, 0.15) is 12.4 Å². The Kier molecular flexibility index (Phi) is 5.85. The van der Waals surface area contributed by atoms with E-state index in [2.05, 4.69) is 4.98 Å². The van der Waals surface area contributed by atoms with Crippen LogP contribution >= 0.6 is 0 Å². The van der Waals surface area contributed by atoms with E-state index in [9.17, 15) is 4.39 Å². The maximum atomic E-state index is 13.3. The molecule has 0 atom stereocenters. The van der Waals surface area contributed by atoms with Crippen LogP contribution < -0.4 is 4.74 Å². The molecule has 1 aromatic heterocycles. The molecule has 2 aromatic rings. The van der Waals surface area contributed by atoms with Crippen molar-refractivity contribution in [3.05, 3.63) is 59.5 Å². The van der Waals surface area contributed by atoms with Crippen LogP contribution in [-0.4, -0.2) is 4.98 Å². The van der Waals surface area contributed by atoms with E-state index < -0.39 is 0 Å². The summed E-state index contributed by atoms with van der Waals surface area (Å²) in [5, 5.41) is 0. The highest BCUT2D eigenvalue weighted by atomic mass is 19.1. The molecule has 0 N–H and O–H groups in total. The molecule has 0 unspecified atom stereocenters. The van der Waals surface area contributed by atoms with Gasteiger partial charge in [0.25, 0.3) is 0 Å². The van der Waals surface area contributed by atoms with Crippen molar-refractivity contribution in [1.82, 2.24) is 4.98 Å². The number of aryl methyl sites for hydroxylation is 1. The lowest BCUT2D eigenvalue weighted by Gasteiger charge is -2.07. The molecule has 0 spiro atoms. The van der Waals surface area contributed by atoms with E-state index in [1.54, 1.807) is 24.4 Å². The number of halogens is 1. The fourth-order valence-corrected chi connectivity index (χ4v) is 1.38. The molecule has 0 aliphatic rings. The van der Waals surface area contributed by atoms with Crippen molar-refractivity contribution in [2.75, 3.05) is 0 Å². The summed E-state index contributed by atoms with van der Waals surface area (Å²) < 4.78 is 18.7. The summed E-state index contributed by atoms with van der Waals surface area (Å²) in [7, 11) is 0. The van der Waals surface area contributed by atoms with Gasteiger partial charge < -0.3 is 4.74 Å². The molecule has 0 fully saturated rings. The Bertz CT molecular complexity index is 446. The predicted octanol–water partition coefficient (Wildman–Crippen LogP) is 4.38. The van der Waals surface area contributed by atoms with Crippen LogP contribution in [0.3, 0.4) is 0 Å². The maximum Gasteiger partial charge on any atom is 0.216 e. The number of rotatable bonds is 3. The summed E-state index contributed by atoms with van der Waals surface area (Å²) in [6, 6.07) is 10.3. The molecule has 0 bridgehead atoms. The topological polar surface area (TPSA) is 22.1 Å². The number of nitrogens with zero attached hydrogens (tertiary/aromatic N) is 1. The number of hydrogen-bond acceptors (Lipinski definition) is 2. The molecule has 1 heterocycles. The number of ether oxygens (including phenoxy) is 1. The highest BCUT2D eigenvalue weighted by molar-refractivity contribution is 5.24. The van der Waals surface area contributed by atoms with Gasteiger partial charge in [-0.3, -0.25) is 0 Å². The lowest BCUT2D eigenvalue weighted by molar-refractivity contribution is 0.286. The monoisotopic (exact) mass is 249 g/mol. The molecule has 1 aromatic carbocycles. The Morgan fingerprint density at radius 2 is 1.89 bits per heavy atom. The fourth-order valence-electron chi connectivity index (χ4n) is 1.38. The maximum absolute atomic E-state index is 13.3. The van der Waals surface area contributed by atoms with Crippen LogP contribution in [0.4, 0.5) is 4.39 Å². The largest absolute Gasteiger partial charge is 0.472 e. The van der Waals surface area contributed by atoms with Gasteiger partial charge in [-0.2, -0.15) is 0 Å². The van der Waals surface area contributed by atoms with Crippen molar-refractivity contribution >= 4 is 0 Å². The third-order valence-electron chi connectivity index (χ3n) is 2.28. The first-order valence-corrected chi connectivity index (χ1v) is 6.05. The molecule has 98 valence electrons. The first kappa shape index (κ1) is 14.2. The zero-order valence-electron chi connectivity index (χ0n) is 11.0. The van der Waals surface area contributed by atoms with Crippen LogP contribution in [0.5, 0.6) is 5.88 Å².